The van der Waals surface area contributed by atoms with Crippen LogP contribution >= 0.6 is 0 Å². The van der Waals surface area contributed by atoms with E-state index < -0.39 is 5.60 Å². The molecule has 1 aromatic heterocycles. The van der Waals surface area contributed by atoms with Gasteiger partial charge in [0, 0.05) is 19.3 Å². The second kappa shape index (κ2) is 6.65. The zero-order chi connectivity index (χ0) is 16.3. The molecule has 1 amide bonds. The molecule has 2 rings (SSSR count). The van der Waals surface area contributed by atoms with Crippen LogP contribution in [0, 0.1) is 6.92 Å². The van der Waals surface area contributed by atoms with Crippen LogP contribution in [0.3, 0.4) is 0 Å². The zero-order valence-corrected chi connectivity index (χ0v) is 13.9. The summed E-state index contributed by atoms with van der Waals surface area (Å²) < 4.78 is 5.41. The molecular weight excluding hydrogens is 280 g/mol. The number of hydrogen-bond acceptors (Lipinski definition) is 4. The fourth-order valence-corrected chi connectivity index (χ4v) is 2.74. The highest BCUT2D eigenvalue weighted by atomic mass is 16.6. The number of aromatic nitrogens is 1. The van der Waals surface area contributed by atoms with E-state index in [4.69, 9.17) is 4.74 Å². The van der Waals surface area contributed by atoms with Gasteiger partial charge >= 0.3 is 6.09 Å². The normalized spacial score (nSPS) is 16.7. The van der Waals surface area contributed by atoms with Crippen LogP contribution in [0.15, 0.2) is 12.3 Å². The van der Waals surface area contributed by atoms with E-state index in [2.05, 4.69) is 11.1 Å². The lowest BCUT2D eigenvalue weighted by molar-refractivity contribution is 0.0205. The van der Waals surface area contributed by atoms with Gasteiger partial charge in [-0.3, -0.25) is 4.98 Å². The van der Waals surface area contributed by atoms with E-state index in [-0.39, 0.29) is 12.7 Å². The Labute approximate surface area is 132 Å². The minimum absolute atomic E-state index is 0.0246. The van der Waals surface area contributed by atoms with E-state index in [0.29, 0.717) is 19.0 Å². The van der Waals surface area contributed by atoms with Crippen molar-refractivity contribution in [2.75, 3.05) is 13.1 Å². The number of rotatable bonds is 2. The fraction of sp³-hybridized carbons (Fsp3) is 0.647. The highest BCUT2D eigenvalue weighted by Gasteiger charge is 2.27. The molecule has 0 bridgehead atoms. The zero-order valence-electron chi connectivity index (χ0n) is 13.9. The van der Waals surface area contributed by atoms with Gasteiger partial charge < -0.3 is 14.7 Å². The summed E-state index contributed by atoms with van der Waals surface area (Å²) in [7, 11) is 0. The number of pyridine rings is 1. The number of aliphatic hydroxyl groups is 1. The maximum absolute atomic E-state index is 12.1. The molecule has 2 heterocycles. The SMILES string of the molecule is Cc1cc(C2CCN(C(=O)OC(C)(C)C)CC2)cnc1CO. The van der Waals surface area contributed by atoms with E-state index in [1.807, 2.05) is 33.9 Å². The standard InChI is InChI=1S/C17H26N2O3/c1-12-9-14(10-18-15(12)11-20)13-5-7-19(8-6-13)16(21)22-17(2,3)4/h9-10,13,20H,5-8,11H2,1-4H3. The van der Waals surface area contributed by atoms with E-state index in [0.717, 1.165) is 24.1 Å². The molecule has 122 valence electrons. The first-order valence-corrected chi connectivity index (χ1v) is 7.84. The molecule has 1 fully saturated rings. The van der Waals surface area contributed by atoms with Crippen LogP contribution in [0.2, 0.25) is 0 Å². The van der Waals surface area contributed by atoms with Crippen LogP contribution in [0.1, 0.15) is 56.4 Å². The highest BCUT2D eigenvalue weighted by Crippen LogP contribution is 2.29. The van der Waals surface area contributed by atoms with Gasteiger partial charge in [-0.1, -0.05) is 6.07 Å². The first-order valence-electron chi connectivity index (χ1n) is 7.84. The van der Waals surface area contributed by atoms with Gasteiger partial charge in [0.15, 0.2) is 0 Å². The van der Waals surface area contributed by atoms with Gasteiger partial charge in [-0.25, -0.2) is 4.79 Å². The molecule has 0 radical (unpaired) electrons. The molecule has 0 unspecified atom stereocenters. The third kappa shape index (κ3) is 4.19. The van der Waals surface area contributed by atoms with Crippen molar-refractivity contribution >= 4 is 6.09 Å². The monoisotopic (exact) mass is 306 g/mol. The number of carbonyl (C=O) groups is 1. The number of amides is 1. The third-order valence-corrected chi connectivity index (χ3v) is 3.98. The Morgan fingerprint density at radius 2 is 2.05 bits per heavy atom. The van der Waals surface area contributed by atoms with Crippen molar-refractivity contribution in [1.82, 2.24) is 9.88 Å². The molecule has 0 aromatic carbocycles. The van der Waals surface area contributed by atoms with Crippen molar-refractivity contribution < 1.29 is 14.6 Å². The Balaban J connectivity index is 1.94. The first kappa shape index (κ1) is 16.7. The van der Waals surface area contributed by atoms with Gasteiger partial charge in [0.2, 0.25) is 0 Å². The Hall–Kier alpha value is -1.62. The van der Waals surface area contributed by atoms with Gasteiger partial charge in [-0.2, -0.15) is 0 Å². The van der Waals surface area contributed by atoms with Gasteiger partial charge in [-0.15, -0.1) is 0 Å². The van der Waals surface area contributed by atoms with Crippen LogP contribution in [0.25, 0.3) is 0 Å². The molecule has 0 saturated carbocycles. The van der Waals surface area contributed by atoms with Gasteiger partial charge in [-0.05, 0) is 57.6 Å². The summed E-state index contributed by atoms with van der Waals surface area (Å²) in [5, 5.41) is 9.19. The predicted octanol–water partition coefficient (Wildman–Crippen LogP) is 3.00. The van der Waals surface area contributed by atoms with Crippen molar-refractivity contribution in [3.63, 3.8) is 0 Å². The van der Waals surface area contributed by atoms with Crippen LogP contribution < -0.4 is 0 Å². The second-order valence-electron chi connectivity index (χ2n) is 6.93. The highest BCUT2D eigenvalue weighted by molar-refractivity contribution is 5.68. The molecule has 0 aliphatic carbocycles. The van der Waals surface area contributed by atoms with E-state index in [1.54, 1.807) is 4.90 Å². The lowest BCUT2D eigenvalue weighted by Gasteiger charge is -2.33. The lowest BCUT2D eigenvalue weighted by atomic mass is 9.89. The molecule has 22 heavy (non-hydrogen) atoms. The molecular formula is C17H26N2O3. The largest absolute Gasteiger partial charge is 0.444 e. The molecule has 5 nitrogen and oxygen atoms in total. The number of ether oxygens (including phenoxy) is 1. The quantitative estimate of drug-likeness (QED) is 0.912. The fourth-order valence-electron chi connectivity index (χ4n) is 2.74. The van der Waals surface area contributed by atoms with E-state index >= 15 is 0 Å². The predicted molar refractivity (Wildman–Crippen MR) is 84.7 cm³/mol. The van der Waals surface area contributed by atoms with Crippen molar-refractivity contribution in [1.29, 1.82) is 0 Å². The number of likely N-dealkylation sites (tertiary alicyclic amines) is 1. The van der Waals surface area contributed by atoms with E-state index in [9.17, 15) is 9.90 Å². The average molecular weight is 306 g/mol. The van der Waals surface area contributed by atoms with Gasteiger partial charge in [0.1, 0.15) is 5.60 Å². The Bertz CT molecular complexity index is 529. The number of piperidine rings is 1. The number of aryl methyl sites for hydroxylation is 1. The van der Waals surface area contributed by atoms with Crippen LogP contribution in [-0.2, 0) is 11.3 Å². The summed E-state index contributed by atoms with van der Waals surface area (Å²) in [6, 6.07) is 2.10. The average Bonchev–Trinajstić information content (AvgIpc) is 2.45. The second-order valence-corrected chi connectivity index (χ2v) is 6.93. The van der Waals surface area contributed by atoms with Crippen LogP contribution in [-0.4, -0.2) is 39.8 Å². The van der Waals surface area contributed by atoms with Gasteiger partial charge in [0.05, 0.1) is 12.3 Å². The van der Waals surface area contributed by atoms with Crippen LogP contribution in [0.5, 0.6) is 0 Å². The number of hydrogen-bond donors (Lipinski definition) is 1. The minimum Gasteiger partial charge on any atom is -0.444 e. The number of aliphatic hydroxyl groups excluding tert-OH is 1. The van der Waals surface area contributed by atoms with Gasteiger partial charge in [0.25, 0.3) is 0 Å². The van der Waals surface area contributed by atoms with E-state index in [1.165, 1.54) is 5.56 Å². The first-order chi connectivity index (χ1) is 10.3. The topological polar surface area (TPSA) is 62.7 Å². The summed E-state index contributed by atoms with van der Waals surface area (Å²) in [5.74, 6) is 0.414. The maximum atomic E-state index is 12.1. The Kier molecular flexibility index (Phi) is 5.06. The third-order valence-electron chi connectivity index (χ3n) is 3.98. The van der Waals surface area contributed by atoms with Crippen LogP contribution in [0.4, 0.5) is 4.79 Å². The minimum atomic E-state index is -0.449. The van der Waals surface area contributed by atoms with Crippen molar-refractivity contribution in [3.8, 4) is 0 Å². The molecule has 1 aliphatic rings. The summed E-state index contributed by atoms with van der Waals surface area (Å²) in [6.07, 6.45) is 3.46. The molecule has 0 atom stereocenters. The number of nitrogens with zero attached hydrogens (tertiary/aromatic N) is 2. The summed E-state index contributed by atoms with van der Waals surface area (Å²) >= 11 is 0. The summed E-state index contributed by atoms with van der Waals surface area (Å²) in [5.41, 5.74) is 2.50. The molecule has 5 heteroatoms. The Morgan fingerprint density at radius 3 is 2.55 bits per heavy atom. The molecule has 1 aromatic rings. The lowest BCUT2D eigenvalue weighted by Crippen LogP contribution is -2.41. The molecule has 1 N–H and O–H groups in total. The maximum Gasteiger partial charge on any atom is 0.410 e. The summed E-state index contributed by atoms with van der Waals surface area (Å²) in [6.45, 7) is 9.01. The molecule has 0 spiro atoms. The summed E-state index contributed by atoms with van der Waals surface area (Å²) in [4.78, 5) is 18.2. The van der Waals surface area contributed by atoms with Crippen molar-refractivity contribution in [2.45, 2.75) is 58.7 Å². The van der Waals surface area contributed by atoms with Crippen molar-refractivity contribution in [2.24, 2.45) is 0 Å². The van der Waals surface area contributed by atoms with Crippen molar-refractivity contribution in [3.05, 3.63) is 29.1 Å². The number of carbonyl (C=O) groups excluding carboxylic acids is 1. The Morgan fingerprint density at radius 1 is 1.41 bits per heavy atom. The molecule has 1 saturated heterocycles. The molecule has 1 aliphatic heterocycles. The smallest absolute Gasteiger partial charge is 0.410 e.